The highest BCUT2D eigenvalue weighted by atomic mass is 16.6. The molecule has 0 saturated carbocycles. The molecule has 0 aliphatic carbocycles. The number of likely N-dealkylation sites (N-methyl/N-ethyl adjacent to an activating group) is 1. The second-order valence-corrected chi connectivity index (χ2v) is 6.89. The Morgan fingerprint density at radius 1 is 1.22 bits per heavy atom. The summed E-state index contributed by atoms with van der Waals surface area (Å²) in [6.07, 6.45) is 7.52. The molecule has 2 aliphatic rings. The van der Waals surface area contributed by atoms with E-state index >= 15 is 0 Å². The lowest BCUT2D eigenvalue weighted by molar-refractivity contribution is 0.00312. The number of hydrogen-bond acceptors (Lipinski definition) is 6. The quantitative estimate of drug-likeness (QED) is 0.824. The number of carbonyl (C=O) groups excluding carboxylic acids is 2. The molecule has 1 spiro atoms. The third-order valence-corrected chi connectivity index (χ3v) is 5.20. The van der Waals surface area contributed by atoms with Crippen LogP contribution >= 0.6 is 0 Å². The summed E-state index contributed by atoms with van der Waals surface area (Å²) in [5, 5.41) is 0. The number of piperidine rings is 1. The Kier molecular flexibility index (Phi) is 4.47. The van der Waals surface area contributed by atoms with E-state index in [0.29, 0.717) is 50.4 Å². The number of amides is 2. The molecular formula is C19H21N5O3. The molecular weight excluding hydrogens is 346 g/mol. The van der Waals surface area contributed by atoms with Crippen LogP contribution in [0, 0.1) is 0 Å². The molecule has 0 atom stereocenters. The van der Waals surface area contributed by atoms with Crippen LogP contribution in [0.1, 0.15) is 30.1 Å². The van der Waals surface area contributed by atoms with E-state index in [2.05, 4.69) is 15.0 Å². The van der Waals surface area contributed by atoms with Gasteiger partial charge in [0, 0.05) is 62.8 Å². The first-order valence-corrected chi connectivity index (χ1v) is 9.10. The first kappa shape index (κ1) is 17.4. The first-order valence-electron chi connectivity index (χ1n) is 9.10. The fourth-order valence-corrected chi connectivity index (χ4v) is 3.58. The summed E-state index contributed by atoms with van der Waals surface area (Å²) in [5.74, 6) is 0.439. The molecule has 0 bridgehead atoms. The van der Waals surface area contributed by atoms with Gasteiger partial charge < -0.3 is 14.5 Å². The van der Waals surface area contributed by atoms with Gasteiger partial charge in [0.25, 0.3) is 5.91 Å². The van der Waals surface area contributed by atoms with Crippen molar-refractivity contribution < 1.29 is 14.3 Å². The zero-order valence-electron chi connectivity index (χ0n) is 15.2. The Balaban J connectivity index is 1.40. The second-order valence-electron chi connectivity index (χ2n) is 6.89. The maximum absolute atomic E-state index is 12.8. The zero-order chi connectivity index (χ0) is 18.9. The van der Waals surface area contributed by atoms with E-state index in [1.807, 2.05) is 19.1 Å². The van der Waals surface area contributed by atoms with Gasteiger partial charge in [0.05, 0.1) is 12.1 Å². The minimum absolute atomic E-state index is 0.0979. The largest absolute Gasteiger partial charge is 0.441 e. The van der Waals surface area contributed by atoms with Crippen LogP contribution in [-0.4, -0.2) is 68.5 Å². The van der Waals surface area contributed by atoms with E-state index in [-0.39, 0.29) is 12.0 Å². The maximum atomic E-state index is 12.8. The van der Waals surface area contributed by atoms with Crippen LogP contribution in [0.2, 0.25) is 0 Å². The molecule has 2 aromatic rings. The molecule has 4 heterocycles. The monoisotopic (exact) mass is 367 g/mol. The zero-order valence-corrected chi connectivity index (χ0v) is 15.2. The normalized spacial score (nSPS) is 18.6. The minimum atomic E-state index is -0.454. The van der Waals surface area contributed by atoms with Crippen molar-refractivity contribution in [3.8, 4) is 11.4 Å². The minimum Gasteiger partial charge on any atom is -0.441 e. The average Bonchev–Trinajstić information content (AvgIpc) is 3.04. The van der Waals surface area contributed by atoms with Crippen molar-refractivity contribution in [2.24, 2.45) is 0 Å². The lowest BCUT2D eigenvalue weighted by Gasteiger charge is -2.37. The molecule has 2 amide bonds. The van der Waals surface area contributed by atoms with Crippen LogP contribution in [0.3, 0.4) is 0 Å². The summed E-state index contributed by atoms with van der Waals surface area (Å²) < 4.78 is 5.61. The number of rotatable bonds is 3. The SMILES string of the molecule is CCN1CC2(CCN(C(=O)c3cnc(-c4cccnc4)nc3)CC2)OC1=O. The predicted octanol–water partition coefficient (Wildman–Crippen LogP) is 1.99. The summed E-state index contributed by atoms with van der Waals surface area (Å²) >= 11 is 0. The number of ether oxygens (including phenoxy) is 1. The molecule has 8 nitrogen and oxygen atoms in total. The first-order chi connectivity index (χ1) is 13.1. The smallest absolute Gasteiger partial charge is 0.410 e. The summed E-state index contributed by atoms with van der Waals surface area (Å²) in [6, 6.07) is 3.69. The topological polar surface area (TPSA) is 88.5 Å². The fourth-order valence-electron chi connectivity index (χ4n) is 3.58. The van der Waals surface area contributed by atoms with Crippen LogP contribution in [-0.2, 0) is 4.74 Å². The van der Waals surface area contributed by atoms with E-state index in [1.165, 1.54) is 0 Å². The van der Waals surface area contributed by atoms with Crippen LogP contribution in [0.4, 0.5) is 4.79 Å². The maximum Gasteiger partial charge on any atom is 0.410 e. The van der Waals surface area contributed by atoms with Gasteiger partial charge >= 0.3 is 6.09 Å². The number of carbonyl (C=O) groups is 2. The highest BCUT2D eigenvalue weighted by Gasteiger charge is 2.47. The Hall–Kier alpha value is -3.03. The number of nitrogens with zero attached hydrogens (tertiary/aromatic N) is 5. The highest BCUT2D eigenvalue weighted by molar-refractivity contribution is 5.93. The average molecular weight is 367 g/mol. The molecule has 4 rings (SSSR count). The van der Waals surface area contributed by atoms with Gasteiger partial charge in [-0.05, 0) is 19.1 Å². The second kappa shape index (κ2) is 6.94. The van der Waals surface area contributed by atoms with Gasteiger partial charge in [0.15, 0.2) is 5.82 Å². The van der Waals surface area contributed by atoms with Gasteiger partial charge in [-0.15, -0.1) is 0 Å². The van der Waals surface area contributed by atoms with Crippen molar-refractivity contribution in [3.63, 3.8) is 0 Å². The standard InChI is InChI=1S/C19H21N5O3/c1-2-23-13-19(27-18(23)26)5-8-24(9-6-19)17(25)15-11-21-16(22-12-15)14-4-3-7-20-10-14/h3-4,7,10-12H,2,5-6,8-9,13H2,1H3. The Morgan fingerprint density at radius 3 is 2.56 bits per heavy atom. The molecule has 2 fully saturated rings. The summed E-state index contributed by atoms with van der Waals surface area (Å²) in [4.78, 5) is 40.7. The van der Waals surface area contributed by atoms with Crippen LogP contribution in [0.15, 0.2) is 36.9 Å². The van der Waals surface area contributed by atoms with Crippen molar-refractivity contribution >= 4 is 12.0 Å². The number of likely N-dealkylation sites (tertiary alicyclic amines) is 1. The van der Waals surface area contributed by atoms with E-state index in [9.17, 15) is 9.59 Å². The molecule has 0 radical (unpaired) electrons. The number of pyridine rings is 1. The summed E-state index contributed by atoms with van der Waals surface area (Å²) in [6.45, 7) is 4.29. The van der Waals surface area contributed by atoms with E-state index in [4.69, 9.17) is 4.74 Å². The molecule has 8 heteroatoms. The van der Waals surface area contributed by atoms with Crippen molar-refractivity contribution in [2.45, 2.75) is 25.4 Å². The molecule has 0 unspecified atom stereocenters. The number of hydrogen-bond donors (Lipinski definition) is 0. The third kappa shape index (κ3) is 3.34. The van der Waals surface area contributed by atoms with Crippen molar-refractivity contribution in [2.75, 3.05) is 26.2 Å². The highest BCUT2D eigenvalue weighted by Crippen LogP contribution is 2.33. The molecule has 2 saturated heterocycles. The Labute approximate surface area is 157 Å². The molecule has 0 N–H and O–H groups in total. The summed E-state index contributed by atoms with van der Waals surface area (Å²) in [7, 11) is 0. The van der Waals surface area contributed by atoms with Gasteiger partial charge in [-0.1, -0.05) is 0 Å². The van der Waals surface area contributed by atoms with Crippen molar-refractivity contribution in [1.29, 1.82) is 0 Å². The third-order valence-electron chi connectivity index (χ3n) is 5.20. The molecule has 2 aromatic heterocycles. The summed E-state index contributed by atoms with van der Waals surface area (Å²) in [5.41, 5.74) is 0.807. The molecule has 2 aliphatic heterocycles. The van der Waals surface area contributed by atoms with Crippen molar-refractivity contribution in [1.82, 2.24) is 24.8 Å². The predicted molar refractivity (Wildman–Crippen MR) is 96.9 cm³/mol. The van der Waals surface area contributed by atoms with Gasteiger partial charge in [0.1, 0.15) is 5.60 Å². The fraction of sp³-hybridized carbons (Fsp3) is 0.421. The van der Waals surface area contributed by atoms with Gasteiger partial charge in [-0.2, -0.15) is 0 Å². The lowest BCUT2D eigenvalue weighted by Crippen LogP contribution is -2.48. The van der Waals surface area contributed by atoms with Crippen LogP contribution in [0.5, 0.6) is 0 Å². The Morgan fingerprint density at radius 2 is 1.96 bits per heavy atom. The molecule has 27 heavy (non-hydrogen) atoms. The van der Waals surface area contributed by atoms with Crippen molar-refractivity contribution in [3.05, 3.63) is 42.5 Å². The van der Waals surface area contributed by atoms with Gasteiger partial charge in [0.2, 0.25) is 0 Å². The van der Waals surface area contributed by atoms with E-state index < -0.39 is 5.60 Å². The Bertz CT molecular complexity index is 832. The van der Waals surface area contributed by atoms with E-state index in [0.717, 1.165) is 5.56 Å². The van der Waals surface area contributed by atoms with E-state index in [1.54, 1.807) is 34.6 Å². The van der Waals surface area contributed by atoms with Gasteiger partial charge in [-0.3, -0.25) is 9.78 Å². The molecule has 0 aromatic carbocycles. The lowest BCUT2D eigenvalue weighted by atomic mass is 9.91. The molecule has 140 valence electrons. The van der Waals surface area contributed by atoms with Crippen LogP contribution in [0.25, 0.3) is 11.4 Å². The van der Waals surface area contributed by atoms with Crippen LogP contribution < -0.4 is 0 Å². The number of aromatic nitrogens is 3. The van der Waals surface area contributed by atoms with Gasteiger partial charge in [-0.25, -0.2) is 14.8 Å².